The van der Waals surface area contributed by atoms with Crippen molar-refractivity contribution < 1.29 is 47.8 Å². The predicted octanol–water partition coefficient (Wildman–Crippen LogP) is 4.93. The number of nitrogens with two attached hydrogens (primary N) is 1. The number of aromatic nitrogens is 2. The minimum Gasteiger partial charge on any atom is -0.457 e. The number of fused-ring (bicyclic) bond motifs is 2. The highest BCUT2D eigenvalue weighted by Gasteiger charge is 2.45. The van der Waals surface area contributed by atoms with Crippen molar-refractivity contribution in [1.29, 1.82) is 0 Å². The average Bonchev–Trinajstić information content (AvgIpc) is 3.91. The van der Waals surface area contributed by atoms with Gasteiger partial charge in [-0.3, -0.25) is 48.7 Å². The number of likely N-dealkylation sites (tertiary alicyclic amines) is 1. The first kappa shape index (κ1) is 52.7. The molecule has 0 radical (unpaired) electrons. The normalized spacial score (nSPS) is 19.2. The number of nitrogens with zero attached hydrogens (tertiary/aromatic N) is 6. The van der Waals surface area contributed by atoms with Crippen LogP contribution in [0, 0.1) is 5.92 Å². The predicted molar refractivity (Wildman–Crippen MR) is 276 cm³/mol. The molecule has 0 bridgehead atoms. The lowest BCUT2D eigenvalue weighted by atomic mass is 9.87. The van der Waals surface area contributed by atoms with Crippen LogP contribution in [0.4, 0.5) is 11.5 Å². The van der Waals surface area contributed by atoms with Crippen LogP contribution >= 0.6 is 13.5 Å². The Kier molecular flexibility index (Phi) is 17.6. The molecule has 0 saturated carbocycles. The maximum absolute atomic E-state index is 13.3. The fourth-order valence-electron chi connectivity index (χ4n) is 10.5. The maximum atomic E-state index is 13.3. The molecule has 5 aliphatic heterocycles. The monoisotopic (exact) mass is 1020 g/mol. The molecule has 1 unspecified atom stereocenters. The third-order valence-corrected chi connectivity index (χ3v) is 14.4. The van der Waals surface area contributed by atoms with Gasteiger partial charge in [-0.05, 0) is 112 Å². The van der Waals surface area contributed by atoms with Crippen LogP contribution in [0.15, 0.2) is 72.8 Å². The first-order valence-corrected chi connectivity index (χ1v) is 25.3. The second-order valence-corrected chi connectivity index (χ2v) is 19.1. The molecule has 4 aromatic rings. The summed E-state index contributed by atoms with van der Waals surface area (Å²) < 4.78 is 19.3. The summed E-state index contributed by atoms with van der Waals surface area (Å²) >= 11 is 0. The van der Waals surface area contributed by atoms with Crippen molar-refractivity contribution in [2.24, 2.45) is 11.7 Å². The second kappa shape index (κ2) is 24.4. The number of primary amides is 1. The van der Waals surface area contributed by atoms with Gasteiger partial charge in [-0.1, -0.05) is 18.2 Å². The molecule has 3 aromatic carbocycles. The first-order chi connectivity index (χ1) is 35.0. The van der Waals surface area contributed by atoms with Gasteiger partial charge in [-0.25, -0.2) is 4.68 Å². The number of carbonyl (C=O) groups excluding carboxylic acids is 7. The van der Waals surface area contributed by atoms with E-state index in [4.69, 9.17) is 25.0 Å². The van der Waals surface area contributed by atoms with E-state index in [0.29, 0.717) is 74.9 Å². The molecule has 4 N–H and O–H groups in total. The lowest BCUT2D eigenvalue weighted by molar-refractivity contribution is -0.138. The number of unbranched alkanes of at least 4 members (excludes halogenated alkanes) is 1. The number of piperidine rings is 2. The van der Waals surface area contributed by atoms with Crippen LogP contribution in [-0.2, 0) is 28.7 Å². The summed E-state index contributed by atoms with van der Waals surface area (Å²) in [7, 11) is 0. The fraction of sp³-hybridized carbons (Fsp3) is 0.472. The molecule has 1 aromatic heterocycles. The van der Waals surface area contributed by atoms with Crippen LogP contribution in [0.25, 0.3) is 11.3 Å². The highest BCUT2D eigenvalue weighted by molar-refractivity contribution is 7.59. The van der Waals surface area contributed by atoms with Crippen molar-refractivity contribution in [3.63, 3.8) is 0 Å². The molecule has 9 rings (SSSR count). The molecular weight excluding hydrogens is 955 g/mol. The van der Waals surface area contributed by atoms with Crippen LogP contribution in [-0.4, -0.2) is 151 Å². The summed E-state index contributed by atoms with van der Waals surface area (Å²) in [5.41, 5.74) is 9.00. The van der Waals surface area contributed by atoms with Gasteiger partial charge in [0.05, 0.1) is 30.4 Å². The van der Waals surface area contributed by atoms with Crippen LogP contribution in [0.2, 0.25) is 0 Å². The molecule has 73 heavy (non-hydrogen) atoms. The Bertz CT molecular complexity index is 2650. The van der Waals surface area contributed by atoms with E-state index in [-0.39, 0.29) is 74.3 Å². The van der Waals surface area contributed by atoms with E-state index in [1.807, 2.05) is 70.2 Å². The first-order valence-electron chi connectivity index (χ1n) is 25.3. The van der Waals surface area contributed by atoms with E-state index in [0.717, 1.165) is 86.7 Å². The number of carbonyl (C=O) groups is 7. The van der Waals surface area contributed by atoms with Gasteiger partial charge in [-0.2, -0.15) is 18.6 Å². The fourth-order valence-corrected chi connectivity index (χ4v) is 10.5. The SMILES string of the molecule is NC(=O)c1c(-c2ccc(Oc3ccccc3)cc2)nn2c1NCC[C@H]2C1CCN(C(=O)COCCOCCCC(=O)CCCCN2CCN(c3ccc4c(c3)C(=O)N(C3CCC(=O)NC3=O)C4=O)CC2)CC1.S. The van der Waals surface area contributed by atoms with Gasteiger partial charge in [0, 0.05) is 82.9 Å². The van der Waals surface area contributed by atoms with Gasteiger partial charge in [0.15, 0.2) is 0 Å². The van der Waals surface area contributed by atoms with Gasteiger partial charge in [0.2, 0.25) is 17.7 Å². The molecular formula is C53H65N9O10S. The third kappa shape index (κ3) is 12.4. The Morgan fingerprint density at radius 3 is 2.19 bits per heavy atom. The topological polar surface area (TPSA) is 228 Å². The highest BCUT2D eigenvalue weighted by atomic mass is 32.1. The van der Waals surface area contributed by atoms with Crippen molar-refractivity contribution in [2.45, 2.75) is 76.3 Å². The summed E-state index contributed by atoms with van der Waals surface area (Å²) in [6.07, 6.45) is 5.98. The number of hydrogen-bond donors (Lipinski definition) is 3. The smallest absolute Gasteiger partial charge is 0.262 e. The Hall–Kier alpha value is -6.61. The quantitative estimate of drug-likeness (QED) is 0.0744. The molecule has 6 heterocycles. The van der Waals surface area contributed by atoms with Gasteiger partial charge >= 0.3 is 0 Å². The molecule has 3 fully saturated rings. The van der Waals surface area contributed by atoms with Crippen molar-refractivity contribution >= 4 is 66.2 Å². The van der Waals surface area contributed by atoms with E-state index < -0.39 is 35.6 Å². The molecule has 20 heteroatoms. The number of piperazine rings is 1. The number of ether oxygens (including phenoxy) is 3. The Morgan fingerprint density at radius 2 is 1.45 bits per heavy atom. The van der Waals surface area contributed by atoms with Crippen molar-refractivity contribution in [3.05, 3.63) is 89.5 Å². The van der Waals surface area contributed by atoms with Crippen molar-refractivity contribution in [1.82, 2.24) is 29.8 Å². The summed E-state index contributed by atoms with van der Waals surface area (Å²) in [6.45, 7) is 7.00. The lowest BCUT2D eigenvalue weighted by Crippen LogP contribution is -2.54. The van der Waals surface area contributed by atoms with Crippen LogP contribution < -0.4 is 26.0 Å². The third-order valence-electron chi connectivity index (χ3n) is 14.4. The summed E-state index contributed by atoms with van der Waals surface area (Å²) in [5, 5.41) is 10.6. The number of para-hydroxylation sites is 1. The number of benzene rings is 3. The molecule has 6 amide bonds. The maximum Gasteiger partial charge on any atom is 0.262 e. The van der Waals surface area contributed by atoms with Crippen LogP contribution in [0.1, 0.15) is 101 Å². The Balaban J connectivity index is 0.00000711. The summed E-state index contributed by atoms with van der Waals surface area (Å²) in [5.74, 6) is -0.135. The van der Waals surface area contributed by atoms with E-state index in [1.54, 1.807) is 12.1 Å². The molecule has 3 saturated heterocycles. The zero-order valence-electron chi connectivity index (χ0n) is 41.1. The average molecular weight is 1020 g/mol. The molecule has 5 aliphatic rings. The molecule has 388 valence electrons. The number of Topliss-reactive ketones (excluding diaryl/α,β-unsaturated/α-hetero) is 1. The number of amides is 6. The summed E-state index contributed by atoms with van der Waals surface area (Å²) in [6, 6.07) is 21.3. The number of ketones is 1. The number of anilines is 2. The number of nitrogens with one attached hydrogen (secondary N) is 2. The van der Waals surface area contributed by atoms with E-state index in [9.17, 15) is 33.6 Å². The molecule has 19 nitrogen and oxygen atoms in total. The van der Waals surface area contributed by atoms with Crippen molar-refractivity contribution in [3.8, 4) is 22.8 Å². The van der Waals surface area contributed by atoms with E-state index in [2.05, 4.69) is 20.4 Å². The summed E-state index contributed by atoms with van der Waals surface area (Å²) in [4.78, 5) is 96.2. The number of rotatable bonds is 21. The molecule has 2 atom stereocenters. The Morgan fingerprint density at radius 1 is 0.740 bits per heavy atom. The highest BCUT2D eigenvalue weighted by Crippen LogP contribution is 2.40. The minimum atomic E-state index is -0.991. The van der Waals surface area contributed by atoms with Crippen molar-refractivity contribution in [2.75, 3.05) is 89.0 Å². The number of hydrogen-bond acceptors (Lipinski definition) is 14. The second-order valence-electron chi connectivity index (χ2n) is 19.1. The zero-order valence-corrected chi connectivity index (χ0v) is 42.1. The van der Waals surface area contributed by atoms with E-state index >= 15 is 0 Å². The van der Waals surface area contributed by atoms with Gasteiger partial charge in [-0.15, -0.1) is 0 Å². The van der Waals surface area contributed by atoms with Gasteiger partial charge in [0.25, 0.3) is 17.7 Å². The van der Waals surface area contributed by atoms with Gasteiger partial charge in [0.1, 0.15) is 47.0 Å². The minimum absolute atomic E-state index is 0. The lowest BCUT2D eigenvalue weighted by Gasteiger charge is -2.38. The standard InChI is InChI=1S/C53H63N9O10.H2S/c54-49(66)47-48(36-11-14-40(15-12-36)72-39-9-2-1-3-10-39)57-62-43(19-22-55-50(47)62)35-20-24-60(25-21-35)46(65)34-71-32-31-70-30-6-8-38(63)7-4-5-23-58-26-28-59(29-27-58)37-13-16-41-42(33-37)53(69)61(52(41)68)44-17-18-45(64)56-51(44)67;/h1-3,9-16,33,35,43-44,55H,4-8,17-32,34H2,(H2,54,66)(H,56,64,67);1H2/t43-,44?;/m0./s1. The van der Waals surface area contributed by atoms with E-state index in [1.165, 1.54) is 0 Å². The Labute approximate surface area is 431 Å². The van der Waals surface area contributed by atoms with Crippen LogP contribution in [0.3, 0.4) is 0 Å². The molecule has 0 aliphatic carbocycles. The largest absolute Gasteiger partial charge is 0.457 e. The molecule has 0 spiro atoms. The van der Waals surface area contributed by atoms with Gasteiger partial charge < -0.3 is 35.1 Å². The van der Waals surface area contributed by atoms with Crippen LogP contribution in [0.5, 0.6) is 11.5 Å². The number of imide groups is 2. The zero-order chi connectivity index (χ0) is 50.1.